The number of hydrogen-bond acceptors (Lipinski definition) is 3. The number of benzene rings is 1. The molecule has 2 N–H and O–H groups in total. The van der Waals surface area contributed by atoms with Gasteiger partial charge in [0.05, 0.1) is 10.3 Å². The molecule has 1 fully saturated rings. The van der Waals surface area contributed by atoms with Gasteiger partial charge in [-0.3, -0.25) is 4.79 Å². The van der Waals surface area contributed by atoms with Gasteiger partial charge in [-0.1, -0.05) is 26.0 Å². The largest absolute Gasteiger partial charge is 0.481 e. The fourth-order valence-corrected chi connectivity index (χ4v) is 3.32. The summed E-state index contributed by atoms with van der Waals surface area (Å²) in [6.07, 6.45) is 2.00. The molecule has 1 saturated carbocycles. The Morgan fingerprint density at radius 2 is 1.86 bits per heavy atom. The van der Waals surface area contributed by atoms with Gasteiger partial charge >= 0.3 is 5.97 Å². The summed E-state index contributed by atoms with van der Waals surface area (Å²) in [5.74, 6) is -0.409. The van der Waals surface area contributed by atoms with Crippen LogP contribution in [0.5, 0.6) is 0 Å². The Morgan fingerprint density at radius 1 is 1.29 bits per heavy atom. The van der Waals surface area contributed by atoms with Gasteiger partial charge in [-0.2, -0.15) is 0 Å². The number of nitrogens with one attached hydrogen (secondary N) is 1. The van der Waals surface area contributed by atoms with Crippen molar-refractivity contribution < 1.29 is 18.3 Å². The molecular formula is C15H21NO4S. The maximum absolute atomic E-state index is 12.1. The molecule has 21 heavy (non-hydrogen) atoms. The standard InChI is InChI=1S/C15H21NO4S/c1-11(2)7-10-16-21(19,20)13-5-3-12(4-6-13)15(8-9-15)14(17)18/h3-6,11,16H,7-10H2,1-2H3,(H,17,18). The number of carboxylic acid groups (broad SMARTS) is 1. The molecule has 1 aliphatic carbocycles. The Hall–Kier alpha value is -1.40. The molecule has 0 radical (unpaired) electrons. The number of rotatable bonds is 7. The summed E-state index contributed by atoms with van der Waals surface area (Å²) >= 11 is 0. The summed E-state index contributed by atoms with van der Waals surface area (Å²) < 4.78 is 26.8. The van der Waals surface area contributed by atoms with Crippen LogP contribution in [0.4, 0.5) is 0 Å². The lowest BCUT2D eigenvalue weighted by Crippen LogP contribution is -2.26. The average molecular weight is 311 g/mol. The smallest absolute Gasteiger partial charge is 0.314 e. The average Bonchev–Trinajstić information content (AvgIpc) is 3.19. The summed E-state index contributed by atoms with van der Waals surface area (Å²) in [7, 11) is -3.52. The Bertz CT molecular complexity index is 616. The zero-order chi connectivity index (χ0) is 15.7. The number of hydrogen-bond donors (Lipinski definition) is 2. The molecule has 6 heteroatoms. The number of aliphatic carboxylic acids is 1. The third-order valence-corrected chi connectivity index (χ3v) is 5.37. The highest BCUT2D eigenvalue weighted by molar-refractivity contribution is 7.89. The van der Waals surface area contributed by atoms with Crippen molar-refractivity contribution in [1.82, 2.24) is 4.72 Å². The van der Waals surface area contributed by atoms with Crippen molar-refractivity contribution in [2.24, 2.45) is 5.92 Å². The summed E-state index contributed by atoms with van der Waals surface area (Å²) in [6, 6.07) is 6.18. The van der Waals surface area contributed by atoms with Crippen molar-refractivity contribution in [2.45, 2.75) is 43.4 Å². The Morgan fingerprint density at radius 3 is 2.29 bits per heavy atom. The van der Waals surface area contributed by atoms with E-state index in [1.54, 1.807) is 12.1 Å². The lowest BCUT2D eigenvalue weighted by Gasteiger charge is -2.12. The van der Waals surface area contributed by atoms with Crippen LogP contribution in [0.25, 0.3) is 0 Å². The first-order valence-corrected chi connectivity index (χ1v) is 8.60. The van der Waals surface area contributed by atoms with Gasteiger partial charge in [0.15, 0.2) is 0 Å². The maximum atomic E-state index is 12.1. The van der Waals surface area contributed by atoms with Crippen LogP contribution in [0.1, 0.15) is 38.7 Å². The Labute approximate surface area is 125 Å². The normalized spacial score (nSPS) is 16.9. The van der Waals surface area contributed by atoms with Crippen LogP contribution in [-0.2, 0) is 20.2 Å². The van der Waals surface area contributed by atoms with Gasteiger partial charge in [0.25, 0.3) is 0 Å². The highest BCUT2D eigenvalue weighted by atomic mass is 32.2. The topological polar surface area (TPSA) is 83.5 Å². The molecule has 0 atom stereocenters. The molecule has 2 rings (SSSR count). The van der Waals surface area contributed by atoms with E-state index in [1.807, 2.05) is 13.8 Å². The minimum atomic E-state index is -3.52. The first kappa shape index (κ1) is 16.0. The van der Waals surface area contributed by atoms with Crippen LogP contribution in [0, 0.1) is 5.92 Å². The van der Waals surface area contributed by atoms with Gasteiger partial charge in [0, 0.05) is 6.54 Å². The van der Waals surface area contributed by atoms with E-state index >= 15 is 0 Å². The van der Waals surface area contributed by atoms with Gasteiger partial charge in [-0.15, -0.1) is 0 Å². The highest BCUT2D eigenvalue weighted by Crippen LogP contribution is 2.48. The Kier molecular flexibility index (Phi) is 4.39. The fraction of sp³-hybridized carbons (Fsp3) is 0.533. The number of carboxylic acids is 1. The van der Waals surface area contributed by atoms with Crippen molar-refractivity contribution in [3.05, 3.63) is 29.8 Å². The molecule has 1 aromatic carbocycles. The predicted octanol–water partition coefficient (Wildman–Crippen LogP) is 2.13. The molecule has 0 spiro atoms. The van der Waals surface area contributed by atoms with Crippen LogP contribution in [0.15, 0.2) is 29.2 Å². The molecule has 0 aliphatic heterocycles. The summed E-state index contributed by atoms with van der Waals surface area (Å²) in [6.45, 7) is 4.47. The van der Waals surface area contributed by atoms with E-state index < -0.39 is 21.4 Å². The van der Waals surface area contributed by atoms with Crippen molar-refractivity contribution in [3.63, 3.8) is 0 Å². The summed E-state index contributed by atoms with van der Waals surface area (Å²) in [5.41, 5.74) is -0.121. The van der Waals surface area contributed by atoms with E-state index in [-0.39, 0.29) is 4.90 Å². The van der Waals surface area contributed by atoms with E-state index in [0.29, 0.717) is 30.9 Å². The summed E-state index contributed by atoms with van der Waals surface area (Å²) in [4.78, 5) is 11.4. The first-order valence-electron chi connectivity index (χ1n) is 7.11. The van der Waals surface area contributed by atoms with E-state index in [2.05, 4.69) is 4.72 Å². The molecule has 0 unspecified atom stereocenters. The zero-order valence-corrected chi connectivity index (χ0v) is 13.1. The second-order valence-corrected chi connectivity index (χ2v) is 7.76. The quantitative estimate of drug-likeness (QED) is 0.808. The van der Waals surface area contributed by atoms with Crippen molar-refractivity contribution in [2.75, 3.05) is 6.54 Å². The third kappa shape index (κ3) is 3.44. The molecule has 0 heterocycles. The molecular weight excluding hydrogens is 290 g/mol. The number of sulfonamides is 1. The second-order valence-electron chi connectivity index (χ2n) is 5.99. The lowest BCUT2D eigenvalue weighted by molar-refractivity contribution is -0.140. The number of carbonyl (C=O) groups is 1. The van der Waals surface area contributed by atoms with Gasteiger partial charge in [0.1, 0.15) is 0 Å². The zero-order valence-electron chi connectivity index (χ0n) is 12.3. The van der Waals surface area contributed by atoms with Crippen LogP contribution in [0.3, 0.4) is 0 Å². The molecule has 1 aliphatic rings. The minimum Gasteiger partial charge on any atom is -0.481 e. The molecule has 0 amide bonds. The minimum absolute atomic E-state index is 0.177. The molecule has 0 aromatic heterocycles. The van der Waals surface area contributed by atoms with E-state index in [9.17, 15) is 18.3 Å². The molecule has 0 bridgehead atoms. The predicted molar refractivity (Wildman–Crippen MR) is 79.6 cm³/mol. The van der Waals surface area contributed by atoms with E-state index in [4.69, 9.17) is 0 Å². The van der Waals surface area contributed by atoms with Crippen LogP contribution < -0.4 is 4.72 Å². The van der Waals surface area contributed by atoms with Gasteiger partial charge in [0.2, 0.25) is 10.0 Å². The van der Waals surface area contributed by atoms with Crippen molar-refractivity contribution in [1.29, 1.82) is 0 Å². The van der Waals surface area contributed by atoms with Gasteiger partial charge in [-0.05, 0) is 42.9 Å². The maximum Gasteiger partial charge on any atom is 0.314 e. The van der Waals surface area contributed by atoms with E-state index in [1.165, 1.54) is 12.1 Å². The second kappa shape index (κ2) is 5.77. The monoisotopic (exact) mass is 311 g/mol. The van der Waals surface area contributed by atoms with Gasteiger partial charge in [-0.25, -0.2) is 13.1 Å². The molecule has 116 valence electrons. The molecule has 5 nitrogen and oxygen atoms in total. The fourth-order valence-electron chi connectivity index (χ4n) is 2.27. The third-order valence-electron chi connectivity index (χ3n) is 3.89. The van der Waals surface area contributed by atoms with E-state index in [0.717, 1.165) is 6.42 Å². The van der Waals surface area contributed by atoms with Crippen LogP contribution in [0.2, 0.25) is 0 Å². The van der Waals surface area contributed by atoms with Crippen molar-refractivity contribution in [3.8, 4) is 0 Å². The molecule has 0 saturated heterocycles. The molecule has 1 aromatic rings. The Balaban J connectivity index is 2.10. The summed E-state index contributed by atoms with van der Waals surface area (Å²) in [5, 5.41) is 9.22. The first-order chi connectivity index (χ1) is 9.78. The SMILES string of the molecule is CC(C)CCNS(=O)(=O)c1ccc(C2(C(=O)O)CC2)cc1. The van der Waals surface area contributed by atoms with Crippen LogP contribution >= 0.6 is 0 Å². The highest BCUT2D eigenvalue weighted by Gasteiger charge is 2.51. The lowest BCUT2D eigenvalue weighted by atomic mass is 9.96. The van der Waals surface area contributed by atoms with Gasteiger partial charge < -0.3 is 5.11 Å². The van der Waals surface area contributed by atoms with Crippen LogP contribution in [-0.4, -0.2) is 26.0 Å². The van der Waals surface area contributed by atoms with Crippen molar-refractivity contribution >= 4 is 16.0 Å².